The van der Waals surface area contributed by atoms with Gasteiger partial charge in [-0.1, -0.05) is 0 Å². The highest BCUT2D eigenvalue weighted by molar-refractivity contribution is 5.95. The number of nitrogens with one attached hydrogen (secondary N) is 1. The second kappa shape index (κ2) is 6.13. The largest absolute Gasteiger partial charge is 0.333 e. The number of rotatable bonds is 3. The molecule has 0 aliphatic carbocycles. The molecule has 3 rings (SSSR count). The van der Waals surface area contributed by atoms with E-state index in [1.165, 1.54) is 29.5 Å². The van der Waals surface area contributed by atoms with Crippen LogP contribution in [0.4, 0.5) is 5.69 Å². The van der Waals surface area contributed by atoms with E-state index >= 15 is 0 Å². The minimum atomic E-state index is -0.519. The monoisotopic (exact) mass is 316 g/mol. The quantitative estimate of drug-likeness (QED) is 0.657. The van der Waals surface area contributed by atoms with E-state index in [4.69, 9.17) is 0 Å². The van der Waals surface area contributed by atoms with Crippen molar-refractivity contribution in [3.8, 4) is 5.69 Å². The van der Waals surface area contributed by atoms with Gasteiger partial charge in [-0.25, -0.2) is 9.67 Å². The van der Waals surface area contributed by atoms with Crippen LogP contribution in [0.5, 0.6) is 0 Å². The van der Waals surface area contributed by atoms with Crippen LogP contribution in [0.2, 0.25) is 0 Å². The van der Waals surface area contributed by atoms with Crippen molar-refractivity contribution in [2.75, 3.05) is 19.6 Å². The van der Waals surface area contributed by atoms with Crippen LogP contribution < -0.4 is 5.32 Å². The Kier molecular flexibility index (Phi) is 4.02. The molecule has 0 bridgehead atoms. The molecule has 1 amide bonds. The average Bonchev–Trinajstić information content (AvgIpc) is 3.08. The Labute approximate surface area is 132 Å². The summed E-state index contributed by atoms with van der Waals surface area (Å²) < 4.78 is 1.31. The van der Waals surface area contributed by atoms with Crippen molar-refractivity contribution in [1.29, 1.82) is 0 Å². The first-order chi connectivity index (χ1) is 11.1. The molecule has 120 valence electrons. The molecule has 2 aromatic rings. The summed E-state index contributed by atoms with van der Waals surface area (Å²) >= 11 is 0. The maximum atomic E-state index is 12.6. The van der Waals surface area contributed by atoms with Gasteiger partial charge < -0.3 is 10.2 Å². The number of nitro groups is 1. The molecule has 1 atom stereocenters. The minimum absolute atomic E-state index is 0.0466. The summed E-state index contributed by atoms with van der Waals surface area (Å²) in [5, 5.41) is 18.5. The van der Waals surface area contributed by atoms with Crippen molar-refractivity contribution < 1.29 is 9.72 Å². The first-order valence-electron chi connectivity index (χ1n) is 7.23. The molecule has 0 unspecified atom stereocenters. The summed E-state index contributed by atoms with van der Waals surface area (Å²) in [4.78, 5) is 29.0. The molecular formula is C14H16N6O3. The highest BCUT2D eigenvalue weighted by Crippen LogP contribution is 2.24. The van der Waals surface area contributed by atoms with Gasteiger partial charge in [0.2, 0.25) is 0 Å². The lowest BCUT2D eigenvalue weighted by Crippen LogP contribution is -2.52. The van der Waals surface area contributed by atoms with Gasteiger partial charge in [-0.2, -0.15) is 5.10 Å². The van der Waals surface area contributed by atoms with E-state index in [9.17, 15) is 14.9 Å². The molecule has 1 aliphatic heterocycles. The second-order valence-corrected chi connectivity index (χ2v) is 5.35. The van der Waals surface area contributed by atoms with Crippen LogP contribution in [0.25, 0.3) is 5.69 Å². The van der Waals surface area contributed by atoms with Gasteiger partial charge in [-0.05, 0) is 19.1 Å². The molecule has 0 spiro atoms. The number of carbonyl (C=O) groups is 1. The van der Waals surface area contributed by atoms with Gasteiger partial charge in [0.15, 0.2) is 0 Å². The van der Waals surface area contributed by atoms with Crippen molar-refractivity contribution in [3.63, 3.8) is 0 Å². The first-order valence-corrected chi connectivity index (χ1v) is 7.23. The molecule has 1 fully saturated rings. The number of hydrogen-bond acceptors (Lipinski definition) is 6. The van der Waals surface area contributed by atoms with Crippen LogP contribution in [-0.4, -0.2) is 56.2 Å². The minimum Gasteiger partial charge on any atom is -0.333 e. The first kappa shape index (κ1) is 15.1. The Balaban J connectivity index is 1.96. The van der Waals surface area contributed by atoms with E-state index in [1.54, 1.807) is 11.0 Å². The predicted molar refractivity (Wildman–Crippen MR) is 81.4 cm³/mol. The van der Waals surface area contributed by atoms with Gasteiger partial charge >= 0.3 is 0 Å². The number of amides is 1. The van der Waals surface area contributed by atoms with E-state index in [2.05, 4.69) is 15.4 Å². The SMILES string of the molecule is C[C@@H]1CNCCN1C(=O)c1ccc(-n2cncn2)c([N+](=O)[O-])c1. The summed E-state index contributed by atoms with van der Waals surface area (Å²) in [6.07, 6.45) is 2.67. The van der Waals surface area contributed by atoms with Crippen molar-refractivity contribution in [2.24, 2.45) is 0 Å². The topological polar surface area (TPSA) is 106 Å². The lowest BCUT2D eigenvalue weighted by Gasteiger charge is -2.34. The Hall–Kier alpha value is -2.81. The molecule has 2 heterocycles. The molecule has 0 saturated carbocycles. The lowest BCUT2D eigenvalue weighted by atomic mass is 10.1. The van der Waals surface area contributed by atoms with Gasteiger partial charge in [-0.15, -0.1) is 0 Å². The fourth-order valence-corrected chi connectivity index (χ4v) is 2.64. The molecular weight excluding hydrogens is 300 g/mol. The summed E-state index contributed by atoms with van der Waals surface area (Å²) in [5.74, 6) is -0.202. The third-order valence-corrected chi connectivity index (χ3v) is 3.85. The summed E-state index contributed by atoms with van der Waals surface area (Å²) in [5.41, 5.74) is 0.399. The number of aromatic nitrogens is 3. The van der Waals surface area contributed by atoms with Crippen LogP contribution in [0, 0.1) is 10.1 Å². The van der Waals surface area contributed by atoms with E-state index in [-0.39, 0.29) is 23.3 Å². The molecule has 9 nitrogen and oxygen atoms in total. The number of hydrogen-bond donors (Lipinski definition) is 1. The van der Waals surface area contributed by atoms with Crippen molar-refractivity contribution in [3.05, 3.63) is 46.5 Å². The Bertz CT molecular complexity index is 730. The second-order valence-electron chi connectivity index (χ2n) is 5.35. The predicted octanol–water partition coefficient (Wildman–Crippen LogP) is 0.609. The zero-order valence-electron chi connectivity index (χ0n) is 12.5. The van der Waals surface area contributed by atoms with E-state index in [0.29, 0.717) is 18.7 Å². The molecule has 23 heavy (non-hydrogen) atoms. The number of piperazine rings is 1. The summed E-state index contributed by atoms with van der Waals surface area (Å²) in [6, 6.07) is 4.45. The highest BCUT2D eigenvalue weighted by Gasteiger charge is 2.26. The molecule has 1 aliphatic rings. The van der Waals surface area contributed by atoms with Gasteiger partial charge in [0.1, 0.15) is 18.3 Å². The van der Waals surface area contributed by atoms with Gasteiger partial charge in [0, 0.05) is 37.3 Å². The summed E-state index contributed by atoms with van der Waals surface area (Å²) in [7, 11) is 0. The highest BCUT2D eigenvalue weighted by atomic mass is 16.6. The van der Waals surface area contributed by atoms with Crippen LogP contribution in [0.3, 0.4) is 0 Å². The molecule has 9 heteroatoms. The van der Waals surface area contributed by atoms with Crippen molar-refractivity contribution in [2.45, 2.75) is 13.0 Å². The zero-order chi connectivity index (χ0) is 16.4. The number of carbonyl (C=O) groups excluding carboxylic acids is 1. The summed E-state index contributed by atoms with van der Waals surface area (Å²) in [6.45, 7) is 3.96. The van der Waals surface area contributed by atoms with Gasteiger partial charge in [0.05, 0.1) is 4.92 Å². The third-order valence-electron chi connectivity index (χ3n) is 3.85. The molecule has 1 N–H and O–H groups in total. The molecule has 0 radical (unpaired) electrons. The average molecular weight is 316 g/mol. The van der Waals surface area contributed by atoms with Gasteiger partial charge in [-0.3, -0.25) is 14.9 Å². The molecule has 1 saturated heterocycles. The maximum absolute atomic E-state index is 12.6. The molecule has 1 aromatic carbocycles. The standard InChI is InChI=1S/C14H16N6O3/c1-10-7-15-4-5-18(10)14(21)11-2-3-12(13(6-11)20(22)23)19-9-16-8-17-19/h2-3,6,8-10,15H,4-5,7H2,1H3/t10-/m1/s1. The van der Waals surface area contributed by atoms with E-state index in [0.717, 1.165) is 6.54 Å². The third kappa shape index (κ3) is 2.90. The van der Waals surface area contributed by atoms with Crippen molar-refractivity contribution in [1.82, 2.24) is 25.0 Å². The zero-order valence-corrected chi connectivity index (χ0v) is 12.5. The van der Waals surface area contributed by atoms with Crippen LogP contribution in [0.1, 0.15) is 17.3 Å². The normalized spacial score (nSPS) is 18.0. The Morgan fingerprint density at radius 1 is 1.48 bits per heavy atom. The van der Waals surface area contributed by atoms with E-state index < -0.39 is 4.92 Å². The fourth-order valence-electron chi connectivity index (χ4n) is 2.64. The van der Waals surface area contributed by atoms with Crippen molar-refractivity contribution >= 4 is 11.6 Å². The number of nitro benzene ring substituents is 1. The number of benzene rings is 1. The fraction of sp³-hybridized carbons (Fsp3) is 0.357. The number of nitrogens with zero attached hydrogens (tertiary/aromatic N) is 5. The lowest BCUT2D eigenvalue weighted by molar-refractivity contribution is -0.384. The maximum Gasteiger partial charge on any atom is 0.295 e. The Morgan fingerprint density at radius 3 is 2.96 bits per heavy atom. The van der Waals surface area contributed by atoms with Crippen LogP contribution in [-0.2, 0) is 0 Å². The van der Waals surface area contributed by atoms with Gasteiger partial charge in [0.25, 0.3) is 11.6 Å². The van der Waals surface area contributed by atoms with E-state index in [1.807, 2.05) is 6.92 Å². The smallest absolute Gasteiger partial charge is 0.295 e. The van der Waals surface area contributed by atoms with Crippen LogP contribution >= 0.6 is 0 Å². The Morgan fingerprint density at radius 2 is 2.30 bits per heavy atom. The molecule has 1 aromatic heterocycles. The van der Waals surface area contributed by atoms with Crippen LogP contribution in [0.15, 0.2) is 30.9 Å².